The van der Waals surface area contributed by atoms with Crippen molar-refractivity contribution in [1.82, 2.24) is 14.9 Å². The van der Waals surface area contributed by atoms with E-state index in [9.17, 15) is 9.18 Å². The molecule has 1 N–H and O–H groups in total. The second-order valence-electron chi connectivity index (χ2n) is 4.36. The number of rotatable bonds is 2. The van der Waals surface area contributed by atoms with Crippen LogP contribution in [0.3, 0.4) is 0 Å². The first kappa shape index (κ1) is 11.6. The van der Waals surface area contributed by atoms with Gasteiger partial charge in [0, 0.05) is 18.3 Å². The number of nitrogens with zero attached hydrogens (tertiary/aromatic N) is 2. The Labute approximate surface area is 109 Å². The summed E-state index contributed by atoms with van der Waals surface area (Å²) in [5, 5.41) is 6.93. The summed E-state index contributed by atoms with van der Waals surface area (Å²) >= 11 is 0. The minimum Gasteiger partial charge on any atom is -0.324 e. The van der Waals surface area contributed by atoms with E-state index in [2.05, 4.69) is 10.4 Å². The molecule has 2 aromatic rings. The van der Waals surface area contributed by atoms with Gasteiger partial charge < -0.3 is 5.32 Å². The molecule has 0 fully saturated rings. The molecule has 1 amide bonds. The van der Waals surface area contributed by atoms with E-state index in [-0.39, 0.29) is 11.7 Å². The van der Waals surface area contributed by atoms with Crippen LogP contribution in [-0.2, 0) is 0 Å². The van der Waals surface area contributed by atoms with Crippen molar-refractivity contribution in [3.63, 3.8) is 0 Å². The van der Waals surface area contributed by atoms with Gasteiger partial charge in [-0.1, -0.05) is 6.07 Å². The van der Waals surface area contributed by atoms with Crippen molar-refractivity contribution in [3.05, 3.63) is 59.8 Å². The number of pyridine rings is 1. The molecule has 19 heavy (non-hydrogen) atoms. The van der Waals surface area contributed by atoms with Crippen LogP contribution >= 0.6 is 0 Å². The van der Waals surface area contributed by atoms with E-state index in [1.807, 2.05) is 18.2 Å². The zero-order chi connectivity index (χ0) is 13.2. The molecule has 0 atom stereocenters. The zero-order valence-electron chi connectivity index (χ0n) is 10.1. The highest BCUT2D eigenvalue weighted by Gasteiger charge is 2.13. The standard InChI is InChI=1S/C14H12FN3O/c15-10-4-6-11(7-5-10)16-14(19)13-9-12-3-1-2-8-18(12)17-13/h1-4,6,8-9H,5,7H2,(H,16,19). The first-order chi connectivity index (χ1) is 9.22. The topological polar surface area (TPSA) is 46.4 Å². The van der Waals surface area contributed by atoms with Gasteiger partial charge in [0.05, 0.1) is 5.52 Å². The quantitative estimate of drug-likeness (QED) is 0.898. The van der Waals surface area contributed by atoms with Gasteiger partial charge in [0.1, 0.15) is 5.83 Å². The van der Waals surface area contributed by atoms with Crippen LogP contribution in [-0.4, -0.2) is 15.5 Å². The van der Waals surface area contributed by atoms with E-state index in [4.69, 9.17) is 0 Å². The Hall–Kier alpha value is -2.43. The highest BCUT2D eigenvalue weighted by molar-refractivity contribution is 5.94. The van der Waals surface area contributed by atoms with E-state index < -0.39 is 0 Å². The number of carbonyl (C=O) groups excluding carboxylic acids is 1. The van der Waals surface area contributed by atoms with Crippen molar-refractivity contribution in [3.8, 4) is 0 Å². The van der Waals surface area contributed by atoms with Gasteiger partial charge in [-0.2, -0.15) is 5.10 Å². The lowest BCUT2D eigenvalue weighted by Crippen LogP contribution is -2.23. The zero-order valence-corrected chi connectivity index (χ0v) is 10.1. The van der Waals surface area contributed by atoms with Crippen molar-refractivity contribution in [1.29, 1.82) is 0 Å². The van der Waals surface area contributed by atoms with Gasteiger partial charge in [-0.25, -0.2) is 8.91 Å². The Balaban J connectivity index is 1.80. The second-order valence-corrected chi connectivity index (χ2v) is 4.36. The molecule has 5 heteroatoms. The molecule has 0 aliphatic heterocycles. The van der Waals surface area contributed by atoms with Crippen molar-refractivity contribution >= 4 is 11.4 Å². The maximum atomic E-state index is 12.8. The van der Waals surface area contributed by atoms with E-state index in [1.165, 1.54) is 6.08 Å². The summed E-state index contributed by atoms with van der Waals surface area (Å²) in [7, 11) is 0. The molecule has 0 radical (unpaired) electrons. The Morgan fingerprint density at radius 1 is 1.32 bits per heavy atom. The highest BCUT2D eigenvalue weighted by Crippen LogP contribution is 2.17. The Morgan fingerprint density at radius 2 is 2.21 bits per heavy atom. The monoisotopic (exact) mass is 257 g/mol. The molecule has 0 saturated heterocycles. The minimum atomic E-state index is -0.273. The number of nitrogens with one attached hydrogen (secondary N) is 1. The van der Waals surface area contributed by atoms with E-state index in [0.29, 0.717) is 24.2 Å². The molecule has 0 spiro atoms. The maximum Gasteiger partial charge on any atom is 0.275 e. The third-order valence-electron chi connectivity index (χ3n) is 2.98. The van der Waals surface area contributed by atoms with E-state index in [0.717, 1.165) is 5.52 Å². The van der Waals surface area contributed by atoms with E-state index >= 15 is 0 Å². The molecule has 3 rings (SSSR count). The van der Waals surface area contributed by atoms with Crippen molar-refractivity contribution in [2.75, 3.05) is 0 Å². The number of halogens is 1. The van der Waals surface area contributed by atoms with Crippen LogP contribution < -0.4 is 5.32 Å². The van der Waals surface area contributed by atoms with Gasteiger partial charge in [-0.15, -0.1) is 0 Å². The number of hydrogen-bond donors (Lipinski definition) is 1. The number of aromatic nitrogens is 2. The van der Waals surface area contributed by atoms with Crippen LogP contribution in [0.25, 0.3) is 5.52 Å². The molecular formula is C14H12FN3O. The minimum absolute atomic E-state index is 0.161. The summed E-state index contributed by atoms with van der Waals surface area (Å²) < 4.78 is 14.5. The molecule has 2 heterocycles. The molecule has 2 aromatic heterocycles. The lowest BCUT2D eigenvalue weighted by atomic mass is 10.1. The first-order valence-electron chi connectivity index (χ1n) is 6.03. The van der Waals surface area contributed by atoms with Crippen molar-refractivity contribution in [2.24, 2.45) is 0 Å². The molecule has 1 aliphatic carbocycles. The molecule has 0 unspecified atom stereocenters. The fraction of sp³-hybridized carbons (Fsp3) is 0.143. The Kier molecular flexibility index (Phi) is 2.87. The van der Waals surface area contributed by atoms with Crippen LogP contribution in [0.15, 0.2) is 54.1 Å². The van der Waals surface area contributed by atoms with Gasteiger partial charge in [0.2, 0.25) is 0 Å². The fourth-order valence-corrected chi connectivity index (χ4v) is 1.97. The molecule has 0 aromatic carbocycles. The predicted molar refractivity (Wildman–Crippen MR) is 69.2 cm³/mol. The van der Waals surface area contributed by atoms with Crippen LogP contribution in [0.4, 0.5) is 4.39 Å². The number of amides is 1. The average molecular weight is 257 g/mol. The van der Waals surface area contributed by atoms with Gasteiger partial charge in [0.25, 0.3) is 5.91 Å². The SMILES string of the molecule is O=C(NC1=CC=C(F)CC1)c1cc2ccccn2n1. The lowest BCUT2D eigenvalue weighted by Gasteiger charge is -2.10. The molecular weight excluding hydrogens is 245 g/mol. The maximum absolute atomic E-state index is 12.8. The highest BCUT2D eigenvalue weighted by atomic mass is 19.1. The van der Waals surface area contributed by atoms with Crippen LogP contribution in [0.2, 0.25) is 0 Å². The fourth-order valence-electron chi connectivity index (χ4n) is 1.97. The number of allylic oxidation sites excluding steroid dienone is 4. The Morgan fingerprint density at radius 3 is 2.95 bits per heavy atom. The first-order valence-corrected chi connectivity index (χ1v) is 6.03. The average Bonchev–Trinajstić information content (AvgIpc) is 2.85. The number of carbonyl (C=O) groups is 1. The van der Waals surface area contributed by atoms with E-state index in [1.54, 1.807) is 22.9 Å². The molecule has 96 valence electrons. The summed E-state index contributed by atoms with van der Waals surface area (Å²) in [5.41, 5.74) is 1.92. The molecule has 0 saturated carbocycles. The third-order valence-corrected chi connectivity index (χ3v) is 2.98. The van der Waals surface area contributed by atoms with Crippen molar-refractivity contribution < 1.29 is 9.18 Å². The van der Waals surface area contributed by atoms with Crippen LogP contribution in [0.5, 0.6) is 0 Å². The molecule has 4 nitrogen and oxygen atoms in total. The van der Waals surface area contributed by atoms with Gasteiger partial charge in [0.15, 0.2) is 5.69 Å². The molecule has 1 aliphatic rings. The van der Waals surface area contributed by atoms with Crippen LogP contribution in [0.1, 0.15) is 23.3 Å². The van der Waals surface area contributed by atoms with Gasteiger partial charge >= 0.3 is 0 Å². The number of fused-ring (bicyclic) bond motifs is 1. The number of hydrogen-bond acceptors (Lipinski definition) is 2. The normalized spacial score (nSPS) is 15.0. The second kappa shape index (κ2) is 4.68. The molecule has 0 bridgehead atoms. The third kappa shape index (κ3) is 2.40. The Bertz CT molecular complexity index is 667. The van der Waals surface area contributed by atoms with Gasteiger partial charge in [-0.3, -0.25) is 4.79 Å². The van der Waals surface area contributed by atoms with Gasteiger partial charge in [-0.05, 0) is 36.8 Å². The lowest BCUT2D eigenvalue weighted by molar-refractivity contribution is 0.0959. The summed E-state index contributed by atoms with van der Waals surface area (Å²) in [4.78, 5) is 12.0. The van der Waals surface area contributed by atoms with Crippen molar-refractivity contribution in [2.45, 2.75) is 12.8 Å². The predicted octanol–water partition coefficient (Wildman–Crippen LogP) is 2.60. The summed E-state index contributed by atoms with van der Waals surface area (Å²) in [5.74, 6) is -0.434. The van der Waals surface area contributed by atoms with Crippen LogP contribution in [0, 0.1) is 0 Å². The largest absolute Gasteiger partial charge is 0.324 e. The summed E-state index contributed by atoms with van der Waals surface area (Å²) in [6.45, 7) is 0. The smallest absolute Gasteiger partial charge is 0.275 e. The summed E-state index contributed by atoms with van der Waals surface area (Å²) in [6.07, 6.45) is 5.58. The summed E-state index contributed by atoms with van der Waals surface area (Å²) in [6, 6.07) is 7.33.